The summed E-state index contributed by atoms with van der Waals surface area (Å²) in [4.78, 5) is 0. The lowest BCUT2D eigenvalue weighted by molar-refractivity contribution is 0.0599. The fourth-order valence-corrected chi connectivity index (χ4v) is 2.22. The molecule has 19 heavy (non-hydrogen) atoms. The molecule has 3 heteroatoms. The number of para-hydroxylation sites is 2. The monoisotopic (exact) mass is 259 g/mol. The van der Waals surface area contributed by atoms with Crippen LogP contribution in [0.25, 0.3) is 0 Å². The first-order chi connectivity index (χ1) is 9.35. The molecule has 0 saturated carbocycles. The highest BCUT2D eigenvalue weighted by Crippen LogP contribution is 2.32. The lowest BCUT2D eigenvalue weighted by Crippen LogP contribution is -2.48. The van der Waals surface area contributed by atoms with Crippen LogP contribution in [0, 0.1) is 12.3 Å². The number of hydrogen-bond acceptors (Lipinski definition) is 3. The quantitative estimate of drug-likeness (QED) is 0.797. The second-order valence-corrected chi connectivity index (χ2v) is 4.72. The second kappa shape index (κ2) is 7.06. The minimum absolute atomic E-state index is 0.0230. The first kappa shape index (κ1) is 13.8. The van der Waals surface area contributed by atoms with Crippen molar-refractivity contribution in [2.75, 3.05) is 13.2 Å². The summed E-state index contributed by atoms with van der Waals surface area (Å²) >= 11 is 0. The number of benzene rings is 1. The van der Waals surface area contributed by atoms with E-state index in [1.807, 2.05) is 24.3 Å². The maximum atomic E-state index is 6.03. The highest BCUT2D eigenvalue weighted by atomic mass is 16.6. The molecule has 2 rings (SSSR count). The molecule has 2 atom stereocenters. The average Bonchev–Trinajstić information content (AvgIpc) is 2.47. The molecular formula is C16H21NO2. The number of ether oxygens (including phenoxy) is 2. The van der Waals surface area contributed by atoms with E-state index in [0.29, 0.717) is 6.61 Å². The van der Waals surface area contributed by atoms with Crippen LogP contribution < -0.4 is 14.8 Å². The zero-order valence-electron chi connectivity index (χ0n) is 11.4. The minimum atomic E-state index is 0.0230. The molecule has 1 aromatic carbocycles. The van der Waals surface area contributed by atoms with Crippen molar-refractivity contribution in [3.05, 3.63) is 24.3 Å². The van der Waals surface area contributed by atoms with Crippen LogP contribution in [0.15, 0.2) is 24.3 Å². The molecule has 1 heterocycles. The standard InChI is InChI=1S/C16H21NO2/c1-3-5-8-13(17-11-4-2)16-12-18-14-9-6-7-10-15(14)19-16/h1,6-7,9-10,13,16-17H,4-5,8,11-12H2,2H3. The van der Waals surface area contributed by atoms with E-state index >= 15 is 0 Å². The van der Waals surface area contributed by atoms with E-state index in [2.05, 4.69) is 18.2 Å². The van der Waals surface area contributed by atoms with E-state index in [0.717, 1.165) is 37.3 Å². The van der Waals surface area contributed by atoms with Crippen molar-refractivity contribution < 1.29 is 9.47 Å². The summed E-state index contributed by atoms with van der Waals surface area (Å²) in [5.41, 5.74) is 0. The summed E-state index contributed by atoms with van der Waals surface area (Å²) in [6, 6.07) is 8.03. The van der Waals surface area contributed by atoms with Gasteiger partial charge in [-0.2, -0.15) is 0 Å². The summed E-state index contributed by atoms with van der Waals surface area (Å²) in [5.74, 6) is 4.34. The van der Waals surface area contributed by atoms with E-state index in [1.165, 1.54) is 0 Å². The van der Waals surface area contributed by atoms with Crippen LogP contribution in [0.4, 0.5) is 0 Å². The highest BCUT2D eigenvalue weighted by molar-refractivity contribution is 5.40. The van der Waals surface area contributed by atoms with E-state index < -0.39 is 0 Å². The van der Waals surface area contributed by atoms with Crippen molar-refractivity contribution in [1.29, 1.82) is 0 Å². The lowest BCUT2D eigenvalue weighted by atomic mass is 10.0. The number of fused-ring (bicyclic) bond motifs is 1. The number of hydrogen-bond donors (Lipinski definition) is 1. The topological polar surface area (TPSA) is 30.5 Å². The molecule has 0 saturated heterocycles. The van der Waals surface area contributed by atoms with Gasteiger partial charge in [0.2, 0.25) is 0 Å². The van der Waals surface area contributed by atoms with Gasteiger partial charge in [0.05, 0.1) is 0 Å². The third kappa shape index (κ3) is 3.65. The van der Waals surface area contributed by atoms with Crippen LogP contribution in [0.5, 0.6) is 11.5 Å². The molecule has 1 aliphatic rings. The zero-order chi connectivity index (χ0) is 13.5. The normalized spacial score (nSPS) is 18.6. The summed E-state index contributed by atoms with van der Waals surface area (Å²) < 4.78 is 11.8. The molecule has 0 aliphatic carbocycles. The fraction of sp³-hybridized carbons (Fsp3) is 0.500. The van der Waals surface area contributed by atoms with Gasteiger partial charge in [0.25, 0.3) is 0 Å². The third-order valence-corrected chi connectivity index (χ3v) is 3.24. The Balaban J connectivity index is 2.00. The van der Waals surface area contributed by atoms with Crippen molar-refractivity contribution in [3.8, 4) is 23.8 Å². The summed E-state index contributed by atoms with van der Waals surface area (Å²) in [5, 5.41) is 3.50. The van der Waals surface area contributed by atoms with Gasteiger partial charge in [-0.3, -0.25) is 0 Å². The van der Waals surface area contributed by atoms with Gasteiger partial charge in [-0.1, -0.05) is 19.1 Å². The van der Waals surface area contributed by atoms with Gasteiger partial charge in [0, 0.05) is 12.5 Å². The maximum Gasteiger partial charge on any atom is 0.161 e. The van der Waals surface area contributed by atoms with Crippen LogP contribution in [-0.4, -0.2) is 25.3 Å². The van der Waals surface area contributed by atoms with Gasteiger partial charge >= 0.3 is 0 Å². The Bertz CT molecular complexity index is 439. The summed E-state index contributed by atoms with van der Waals surface area (Å²) in [7, 11) is 0. The Morgan fingerprint density at radius 3 is 2.95 bits per heavy atom. The number of nitrogens with one attached hydrogen (secondary N) is 1. The van der Waals surface area contributed by atoms with E-state index in [9.17, 15) is 0 Å². The van der Waals surface area contributed by atoms with Crippen LogP contribution in [0.1, 0.15) is 26.2 Å². The van der Waals surface area contributed by atoms with Gasteiger partial charge in [0.15, 0.2) is 11.5 Å². The van der Waals surface area contributed by atoms with Gasteiger partial charge in [-0.05, 0) is 31.5 Å². The van der Waals surface area contributed by atoms with Crippen molar-refractivity contribution in [3.63, 3.8) is 0 Å². The third-order valence-electron chi connectivity index (χ3n) is 3.24. The summed E-state index contributed by atoms with van der Waals surface area (Å²) in [6.07, 6.45) is 8.14. The largest absolute Gasteiger partial charge is 0.486 e. The van der Waals surface area contributed by atoms with Crippen LogP contribution >= 0.6 is 0 Å². The molecule has 0 bridgehead atoms. The van der Waals surface area contributed by atoms with Crippen molar-refractivity contribution >= 4 is 0 Å². The van der Waals surface area contributed by atoms with E-state index in [-0.39, 0.29) is 12.1 Å². The Morgan fingerprint density at radius 1 is 1.42 bits per heavy atom. The van der Waals surface area contributed by atoms with E-state index in [4.69, 9.17) is 15.9 Å². The summed E-state index contributed by atoms with van der Waals surface area (Å²) in [6.45, 7) is 3.69. The molecule has 0 amide bonds. The van der Waals surface area contributed by atoms with Crippen LogP contribution in [0.3, 0.4) is 0 Å². The average molecular weight is 259 g/mol. The Kier molecular flexibility index (Phi) is 5.11. The molecule has 1 N–H and O–H groups in total. The molecule has 1 aromatic rings. The van der Waals surface area contributed by atoms with Gasteiger partial charge in [0.1, 0.15) is 12.7 Å². The highest BCUT2D eigenvalue weighted by Gasteiger charge is 2.27. The van der Waals surface area contributed by atoms with Gasteiger partial charge < -0.3 is 14.8 Å². The van der Waals surface area contributed by atoms with Gasteiger partial charge in [-0.25, -0.2) is 0 Å². The smallest absolute Gasteiger partial charge is 0.161 e. The van der Waals surface area contributed by atoms with Crippen molar-refractivity contribution in [2.24, 2.45) is 0 Å². The molecule has 0 radical (unpaired) electrons. The zero-order valence-corrected chi connectivity index (χ0v) is 11.4. The van der Waals surface area contributed by atoms with Crippen LogP contribution in [-0.2, 0) is 0 Å². The SMILES string of the molecule is C#CCCC(NCCC)C1COc2ccccc2O1. The number of rotatable bonds is 6. The lowest BCUT2D eigenvalue weighted by Gasteiger charge is -2.32. The Labute approximate surface area is 115 Å². The predicted octanol–water partition coefficient (Wildman–Crippen LogP) is 2.61. The van der Waals surface area contributed by atoms with Crippen LogP contribution in [0.2, 0.25) is 0 Å². The molecule has 102 valence electrons. The Hall–Kier alpha value is -1.66. The first-order valence-corrected chi connectivity index (χ1v) is 6.90. The predicted molar refractivity (Wildman–Crippen MR) is 76.5 cm³/mol. The minimum Gasteiger partial charge on any atom is -0.486 e. The van der Waals surface area contributed by atoms with Crippen molar-refractivity contribution in [2.45, 2.75) is 38.3 Å². The molecule has 1 aliphatic heterocycles. The van der Waals surface area contributed by atoms with Gasteiger partial charge in [-0.15, -0.1) is 12.3 Å². The first-order valence-electron chi connectivity index (χ1n) is 6.90. The number of terminal acetylenes is 1. The Morgan fingerprint density at radius 2 is 2.21 bits per heavy atom. The fourth-order valence-electron chi connectivity index (χ4n) is 2.22. The molecular weight excluding hydrogens is 238 g/mol. The molecule has 0 aromatic heterocycles. The molecule has 2 unspecified atom stereocenters. The molecule has 0 spiro atoms. The molecule has 0 fully saturated rings. The maximum absolute atomic E-state index is 6.03. The van der Waals surface area contributed by atoms with Crippen molar-refractivity contribution in [1.82, 2.24) is 5.32 Å². The van der Waals surface area contributed by atoms with E-state index in [1.54, 1.807) is 0 Å². The second-order valence-electron chi connectivity index (χ2n) is 4.72. The molecule has 3 nitrogen and oxygen atoms in total.